The smallest absolute Gasteiger partial charge is 0.271 e. The van der Waals surface area contributed by atoms with Crippen molar-refractivity contribution < 1.29 is 4.92 Å². The van der Waals surface area contributed by atoms with Gasteiger partial charge in [0.05, 0.1) is 10.6 Å². The lowest BCUT2D eigenvalue weighted by Gasteiger charge is -2.00. The summed E-state index contributed by atoms with van der Waals surface area (Å²) in [5.74, 6) is 5.12. The maximum absolute atomic E-state index is 10.4. The Morgan fingerprint density at radius 2 is 2.17 bits per heavy atom. The van der Waals surface area contributed by atoms with Crippen LogP contribution in [0.4, 0.5) is 11.4 Å². The summed E-state index contributed by atoms with van der Waals surface area (Å²) < 4.78 is 0. The molecular formula is C7H9N3O2. The number of hydrazine groups is 1. The number of nitrogens with zero attached hydrogens (tertiary/aromatic N) is 1. The van der Waals surface area contributed by atoms with E-state index < -0.39 is 4.92 Å². The van der Waals surface area contributed by atoms with E-state index in [-0.39, 0.29) is 5.69 Å². The van der Waals surface area contributed by atoms with Gasteiger partial charge in [-0.15, -0.1) is 0 Å². The number of aryl methyl sites for hydroxylation is 1. The first-order valence-electron chi connectivity index (χ1n) is 3.36. The Balaban J connectivity index is 3.15. The minimum absolute atomic E-state index is 0.0444. The van der Waals surface area contributed by atoms with Crippen molar-refractivity contribution in [3.8, 4) is 0 Å². The zero-order valence-corrected chi connectivity index (χ0v) is 6.57. The molecule has 0 aliphatic heterocycles. The summed E-state index contributed by atoms with van der Waals surface area (Å²) in [6.45, 7) is 1.77. The van der Waals surface area contributed by atoms with Crippen molar-refractivity contribution in [3.05, 3.63) is 33.9 Å². The van der Waals surface area contributed by atoms with Crippen molar-refractivity contribution in [2.45, 2.75) is 6.92 Å². The van der Waals surface area contributed by atoms with Gasteiger partial charge in [0.25, 0.3) is 5.69 Å². The van der Waals surface area contributed by atoms with Gasteiger partial charge in [0.15, 0.2) is 0 Å². The van der Waals surface area contributed by atoms with Crippen molar-refractivity contribution in [1.82, 2.24) is 0 Å². The summed E-state index contributed by atoms with van der Waals surface area (Å²) in [6.07, 6.45) is 0. The fourth-order valence-electron chi connectivity index (χ4n) is 0.952. The van der Waals surface area contributed by atoms with Crippen LogP contribution in [0.3, 0.4) is 0 Å². The first-order valence-corrected chi connectivity index (χ1v) is 3.36. The van der Waals surface area contributed by atoms with E-state index in [9.17, 15) is 10.1 Å². The standard InChI is InChI=1S/C7H9N3O2/c1-5-2-6(9-8)4-7(3-5)10(11)12/h2-4,9H,8H2,1H3. The second-order valence-electron chi connectivity index (χ2n) is 2.46. The zero-order chi connectivity index (χ0) is 9.14. The Labute approximate surface area is 69.3 Å². The van der Waals surface area contributed by atoms with Gasteiger partial charge in [-0.2, -0.15) is 0 Å². The van der Waals surface area contributed by atoms with Gasteiger partial charge in [-0.1, -0.05) is 0 Å². The van der Waals surface area contributed by atoms with Crippen LogP contribution in [-0.2, 0) is 0 Å². The van der Waals surface area contributed by atoms with Crippen molar-refractivity contribution >= 4 is 11.4 Å². The highest BCUT2D eigenvalue weighted by atomic mass is 16.6. The Bertz CT molecular complexity index is 312. The van der Waals surface area contributed by atoms with Crippen LogP contribution in [-0.4, -0.2) is 4.92 Å². The highest BCUT2D eigenvalue weighted by Gasteiger charge is 2.06. The molecule has 0 heterocycles. The van der Waals surface area contributed by atoms with E-state index in [1.807, 2.05) is 0 Å². The van der Waals surface area contributed by atoms with E-state index in [4.69, 9.17) is 5.84 Å². The van der Waals surface area contributed by atoms with E-state index >= 15 is 0 Å². The van der Waals surface area contributed by atoms with Crippen LogP contribution >= 0.6 is 0 Å². The molecule has 0 saturated heterocycles. The lowest BCUT2D eigenvalue weighted by Crippen LogP contribution is -2.07. The predicted octanol–water partition coefficient (Wildman–Crippen LogP) is 1.19. The highest BCUT2D eigenvalue weighted by molar-refractivity contribution is 5.52. The lowest BCUT2D eigenvalue weighted by molar-refractivity contribution is -0.384. The molecule has 64 valence electrons. The predicted molar refractivity (Wildman–Crippen MR) is 45.6 cm³/mol. The summed E-state index contributed by atoms with van der Waals surface area (Å²) in [5.41, 5.74) is 3.75. The third-order valence-corrected chi connectivity index (χ3v) is 1.44. The number of nitro benzene ring substituents is 1. The Morgan fingerprint density at radius 3 is 2.67 bits per heavy atom. The molecule has 0 aliphatic carbocycles. The number of nitro groups is 1. The van der Waals surface area contributed by atoms with Gasteiger partial charge in [0, 0.05) is 12.1 Å². The first kappa shape index (κ1) is 8.48. The average Bonchev–Trinajstić information content (AvgIpc) is 2.03. The van der Waals surface area contributed by atoms with Gasteiger partial charge in [-0.3, -0.25) is 16.0 Å². The summed E-state index contributed by atoms with van der Waals surface area (Å²) in [7, 11) is 0. The van der Waals surface area contributed by atoms with Gasteiger partial charge in [-0.05, 0) is 18.6 Å². The van der Waals surface area contributed by atoms with Gasteiger partial charge in [0.2, 0.25) is 0 Å². The lowest BCUT2D eigenvalue weighted by atomic mass is 10.2. The molecule has 0 fully saturated rings. The number of nitrogen functional groups attached to an aromatic ring is 1. The maximum Gasteiger partial charge on any atom is 0.271 e. The van der Waals surface area contributed by atoms with Gasteiger partial charge in [-0.25, -0.2) is 0 Å². The van der Waals surface area contributed by atoms with Crippen LogP contribution in [0.1, 0.15) is 5.56 Å². The van der Waals surface area contributed by atoms with E-state index in [1.54, 1.807) is 13.0 Å². The normalized spacial score (nSPS) is 9.50. The number of benzene rings is 1. The molecule has 0 aromatic heterocycles. The molecule has 0 aliphatic rings. The zero-order valence-electron chi connectivity index (χ0n) is 6.57. The van der Waals surface area contributed by atoms with Crippen LogP contribution in [0.2, 0.25) is 0 Å². The molecule has 5 heteroatoms. The van der Waals surface area contributed by atoms with Crippen LogP contribution in [0.15, 0.2) is 18.2 Å². The summed E-state index contributed by atoms with van der Waals surface area (Å²) in [5, 5.41) is 10.4. The fraction of sp³-hybridized carbons (Fsp3) is 0.143. The molecule has 0 atom stereocenters. The minimum Gasteiger partial charge on any atom is -0.324 e. The number of rotatable bonds is 2. The molecule has 1 rings (SSSR count). The molecule has 12 heavy (non-hydrogen) atoms. The Morgan fingerprint density at radius 1 is 1.50 bits per heavy atom. The molecule has 0 bridgehead atoms. The monoisotopic (exact) mass is 167 g/mol. The molecule has 1 aromatic rings. The molecule has 1 aromatic carbocycles. The molecule has 0 amide bonds. The number of anilines is 1. The largest absolute Gasteiger partial charge is 0.324 e. The molecule has 0 saturated carbocycles. The van der Waals surface area contributed by atoms with Gasteiger partial charge >= 0.3 is 0 Å². The highest BCUT2D eigenvalue weighted by Crippen LogP contribution is 2.19. The number of hydrogen-bond acceptors (Lipinski definition) is 4. The van der Waals surface area contributed by atoms with E-state index in [2.05, 4.69) is 5.43 Å². The van der Waals surface area contributed by atoms with Crippen molar-refractivity contribution in [2.24, 2.45) is 5.84 Å². The summed E-state index contributed by atoms with van der Waals surface area (Å²) in [4.78, 5) is 9.91. The van der Waals surface area contributed by atoms with Gasteiger partial charge < -0.3 is 5.43 Å². The topological polar surface area (TPSA) is 81.2 Å². The summed E-state index contributed by atoms with van der Waals surface area (Å²) in [6, 6.07) is 4.60. The van der Waals surface area contributed by atoms with Crippen molar-refractivity contribution in [1.29, 1.82) is 0 Å². The number of nitrogens with two attached hydrogens (primary N) is 1. The second kappa shape index (κ2) is 3.19. The number of hydrogen-bond donors (Lipinski definition) is 2. The quantitative estimate of drug-likeness (QED) is 0.394. The SMILES string of the molecule is Cc1cc(NN)cc([N+](=O)[O-])c1. The third kappa shape index (κ3) is 1.70. The fourth-order valence-corrected chi connectivity index (χ4v) is 0.952. The van der Waals surface area contributed by atoms with Crippen LogP contribution in [0, 0.1) is 17.0 Å². The molecule has 3 N–H and O–H groups in total. The molecular weight excluding hydrogens is 158 g/mol. The first-order chi connectivity index (χ1) is 5.63. The van der Waals surface area contributed by atoms with Crippen LogP contribution < -0.4 is 11.3 Å². The summed E-state index contributed by atoms with van der Waals surface area (Å²) >= 11 is 0. The van der Waals surface area contributed by atoms with E-state index in [0.717, 1.165) is 5.56 Å². The van der Waals surface area contributed by atoms with E-state index in [0.29, 0.717) is 5.69 Å². The van der Waals surface area contributed by atoms with Crippen LogP contribution in [0.5, 0.6) is 0 Å². The molecule has 0 spiro atoms. The minimum atomic E-state index is -0.451. The Hall–Kier alpha value is -1.62. The van der Waals surface area contributed by atoms with Crippen molar-refractivity contribution in [2.75, 3.05) is 5.43 Å². The Kier molecular flexibility index (Phi) is 2.25. The third-order valence-electron chi connectivity index (χ3n) is 1.44. The second-order valence-corrected chi connectivity index (χ2v) is 2.46. The average molecular weight is 167 g/mol. The molecule has 0 radical (unpaired) electrons. The van der Waals surface area contributed by atoms with Gasteiger partial charge in [0.1, 0.15) is 0 Å². The van der Waals surface area contributed by atoms with E-state index in [1.165, 1.54) is 12.1 Å². The molecule has 5 nitrogen and oxygen atoms in total. The van der Waals surface area contributed by atoms with Crippen LogP contribution in [0.25, 0.3) is 0 Å². The van der Waals surface area contributed by atoms with Crippen molar-refractivity contribution in [3.63, 3.8) is 0 Å². The number of non-ortho nitro benzene ring substituents is 1. The molecule has 0 unspecified atom stereocenters. The maximum atomic E-state index is 10.4. The number of nitrogens with one attached hydrogen (secondary N) is 1.